The molecule has 1 heterocycles. The Bertz CT molecular complexity index is 531. The molecule has 0 bridgehead atoms. The summed E-state index contributed by atoms with van der Waals surface area (Å²) in [6, 6.07) is 11.9. The summed E-state index contributed by atoms with van der Waals surface area (Å²) in [5.74, 6) is 1.32. The third-order valence-electron chi connectivity index (χ3n) is 2.71. The average Bonchev–Trinajstić information content (AvgIpc) is 2.39. The average molecular weight is 277 g/mol. The van der Waals surface area contributed by atoms with E-state index in [-0.39, 0.29) is 5.38 Å². The van der Waals surface area contributed by atoms with Gasteiger partial charge in [0.25, 0.3) is 0 Å². The van der Waals surface area contributed by atoms with Crippen molar-refractivity contribution >= 4 is 11.6 Å². The van der Waals surface area contributed by atoms with E-state index >= 15 is 0 Å². The lowest BCUT2D eigenvalue weighted by Crippen LogP contribution is -2.03. The van der Waals surface area contributed by atoms with Crippen LogP contribution in [0.5, 0.6) is 5.88 Å². The molecular formula is C15H17ClN2O. The molecular weight excluding hydrogens is 260 g/mol. The standard InChI is InChI=1S/C15H17ClN2O/c1-3-19-15-10-13(17-11(2)18-15)9-14(16)12-7-5-4-6-8-12/h4-8,10,14H,3,9H2,1-2H3. The van der Waals surface area contributed by atoms with Crippen LogP contribution in [0.4, 0.5) is 0 Å². The Kier molecular flexibility index (Phi) is 4.74. The first-order chi connectivity index (χ1) is 9.19. The smallest absolute Gasteiger partial charge is 0.216 e. The van der Waals surface area contributed by atoms with Crippen molar-refractivity contribution in [2.24, 2.45) is 0 Å². The van der Waals surface area contributed by atoms with Gasteiger partial charge in [0.05, 0.1) is 12.0 Å². The first-order valence-electron chi connectivity index (χ1n) is 6.35. The Balaban J connectivity index is 2.14. The van der Waals surface area contributed by atoms with Crippen molar-refractivity contribution in [3.05, 3.63) is 53.5 Å². The highest BCUT2D eigenvalue weighted by Gasteiger charge is 2.11. The van der Waals surface area contributed by atoms with Gasteiger partial charge in [-0.3, -0.25) is 0 Å². The van der Waals surface area contributed by atoms with Crippen molar-refractivity contribution in [1.82, 2.24) is 9.97 Å². The largest absolute Gasteiger partial charge is 0.478 e. The van der Waals surface area contributed by atoms with Crippen LogP contribution in [-0.2, 0) is 6.42 Å². The van der Waals surface area contributed by atoms with Gasteiger partial charge in [-0.05, 0) is 19.4 Å². The molecule has 19 heavy (non-hydrogen) atoms. The van der Waals surface area contributed by atoms with Gasteiger partial charge in [0.2, 0.25) is 5.88 Å². The molecule has 1 aromatic heterocycles. The number of rotatable bonds is 5. The van der Waals surface area contributed by atoms with Crippen molar-refractivity contribution in [1.29, 1.82) is 0 Å². The predicted molar refractivity (Wildman–Crippen MR) is 76.7 cm³/mol. The summed E-state index contributed by atoms with van der Waals surface area (Å²) in [6.45, 7) is 4.39. The van der Waals surface area contributed by atoms with Crippen molar-refractivity contribution in [2.45, 2.75) is 25.6 Å². The quantitative estimate of drug-likeness (QED) is 0.781. The maximum Gasteiger partial charge on any atom is 0.216 e. The zero-order valence-corrected chi connectivity index (χ0v) is 11.9. The van der Waals surface area contributed by atoms with Crippen LogP contribution in [0.2, 0.25) is 0 Å². The van der Waals surface area contributed by atoms with E-state index in [1.807, 2.05) is 50.2 Å². The van der Waals surface area contributed by atoms with Gasteiger partial charge in [0.1, 0.15) is 5.82 Å². The van der Waals surface area contributed by atoms with Crippen LogP contribution in [0.3, 0.4) is 0 Å². The van der Waals surface area contributed by atoms with Gasteiger partial charge in [0, 0.05) is 18.2 Å². The van der Waals surface area contributed by atoms with Gasteiger partial charge in [-0.2, -0.15) is 4.98 Å². The van der Waals surface area contributed by atoms with E-state index < -0.39 is 0 Å². The Labute approximate surface area is 118 Å². The van der Waals surface area contributed by atoms with Gasteiger partial charge in [0.15, 0.2) is 0 Å². The molecule has 0 aliphatic carbocycles. The number of alkyl halides is 1. The summed E-state index contributed by atoms with van der Waals surface area (Å²) in [6.07, 6.45) is 0.662. The van der Waals surface area contributed by atoms with Gasteiger partial charge >= 0.3 is 0 Å². The van der Waals surface area contributed by atoms with Gasteiger partial charge in [-0.1, -0.05) is 30.3 Å². The highest BCUT2D eigenvalue weighted by atomic mass is 35.5. The molecule has 0 saturated carbocycles. The molecule has 1 unspecified atom stereocenters. The summed E-state index contributed by atoms with van der Waals surface area (Å²) in [5, 5.41) is -0.0926. The summed E-state index contributed by atoms with van der Waals surface area (Å²) < 4.78 is 5.42. The lowest BCUT2D eigenvalue weighted by atomic mass is 10.1. The molecule has 0 aliphatic heterocycles. The zero-order valence-electron chi connectivity index (χ0n) is 11.1. The second-order valence-corrected chi connectivity index (χ2v) is 4.79. The maximum absolute atomic E-state index is 6.42. The fraction of sp³-hybridized carbons (Fsp3) is 0.333. The molecule has 0 N–H and O–H groups in total. The molecule has 4 heteroatoms. The number of aromatic nitrogens is 2. The van der Waals surface area contributed by atoms with Crippen LogP contribution in [-0.4, -0.2) is 16.6 Å². The Morgan fingerprint density at radius 2 is 1.95 bits per heavy atom. The van der Waals surface area contributed by atoms with Gasteiger partial charge in [-0.15, -0.1) is 11.6 Å². The molecule has 0 fully saturated rings. The van der Waals surface area contributed by atoms with E-state index in [1.54, 1.807) is 0 Å². The predicted octanol–water partition coefficient (Wildman–Crippen LogP) is 3.71. The summed E-state index contributed by atoms with van der Waals surface area (Å²) in [7, 11) is 0. The topological polar surface area (TPSA) is 35.0 Å². The lowest BCUT2D eigenvalue weighted by molar-refractivity contribution is 0.324. The zero-order chi connectivity index (χ0) is 13.7. The number of ether oxygens (including phenoxy) is 1. The molecule has 0 spiro atoms. The van der Waals surface area contributed by atoms with Crippen molar-refractivity contribution in [3.63, 3.8) is 0 Å². The van der Waals surface area contributed by atoms with E-state index in [4.69, 9.17) is 16.3 Å². The van der Waals surface area contributed by atoms with Crippen LogP contribution in [0.25, 0.3) is 0 Å². The van der Waals surface area contributed by atoms with Crippen LogP contribution >= 0.6 is 11.6 Å². The van der Waals surface area contributed by atoms with Crippen LogP contribution in [0.15, 0.2) is 36.4 Å². The minimum Gasteiger partial charge on any atom is -0.478 e. The molecule has 2 aromatic rings. The monoisotopic (exact) mass is 276 g/mol. The number of hydrogen-bond acceptors (Lipinski definition) is 3. The second-order valence-electron chi connectivity index (χ2n) is 4.26. The normalized spacial score (nSPS) is 12.2. The fourth-order valence-corrected chi connectivity index (χ4v) is 2.19. The molecule has 100 valence electrons. The first-order valence-corrected chi connectivity index (χ1v) is 6.79. The Morgan fingerprint density at radius 1 is 1.21 bits per heavy atom. The highest BCUT2D eigenvalue weighted by molar-refractivity contribution is 6.20. The van der Waals surface area contributed by atoms with E-state index in [2.05, 4.69) is 9.97 Å². The minimum atomic E-state index is -0.0926. The molecule has 2 rings (SSSR count). The third kappa shape index (κ3) is 3.93. The van der Waals surface area contributed by atoms with Crippen molar-refractivity contribution < 1.29 is 4.74 Å². The first kappa shape index (κ1) is 13.8. The van der Waals surface area contributed by atoms with Crippen LogP contribution in [0, 0.1) is 6.92 Å². The van der Waals surface area contributed by atoms with Crippen molar-refractivity contribution in [3.8, 4) is 5.88 Å². The highest BCUT2D eigenvalue weighted by Crippen LogP contribution is 2.25. The summed E-state index contributed by atoms with van der Waals surface area (Å²) in [4.78, 5) is 8.63. The number of aryl methyl sites for hydroxylation is 1. The SMILES string of the molecule is CCOc1cc(CC(Cl)c2ccccc2)nc(C)n1. The second kappa shape index (κ2) is 6.53. The van der Waals surface area contributed by atoms with Crippen molar-refractivity contribution in [2.75, 3.05) is 6.61 Å². The lowest BCUT2D eigenvalue weighted by Gasteiger charge is -2.11. The van der Waals surface area contributed by atoms with Crippen LogP contribution in [0.1, 0.15) is 29.4 Å². The maximum atomic E-state index is 6.42. The Hall–Kier alpha value is -1.61. The number of hydrogen-bond donors (Lipinski definition) is 0. The summed E-state index contributed by atoms with van der Waals surface area (Å²) >= 11 is 6.42. The van der Waals surface area contributed by atoms with Gasteiger partial charge < -0.3 is 4.74 Å². The molecule has 0 amide bonds. The molecule has 0 aliphatic rings. The molecule has 1 aromatic carbocycles. The number of benzene rings is 1. The van der Waals surface area contributed by atoms with E-state index in [0.717, 1.165) is 11.3 Å². The minimum absolute atomic E-state index is 0.0926. The third-order valence-corrected chi connectivity index (χ3v) is 3.12. The van der Waals surface area contributed by atoms with E-state index in [0.29, 0.717) is 24.7 Å². The molecule has 0 radical (unpaired) electrons. The molecule has 0 saturated heterocycles. The summed E-state index contributed by atoms with van der Waals surface area (Å²) in [5.41, 5.74) is 2.00. The Morgan fingerprint density at radius 3 is 2.63 bits per heavy atom. The van der Waals surface area contributed by atoms with Crippen LogP contribution < -0.4 is 4.74 Å². The molecule has 3 nitrogen and oxygen atoms in total. The fourth-order valence-electron chi connectivity index (χ4n) is 1.89. The molecule has 1 atom stereocenters. The van der Waals surface area contributed by atoms with Gasteiger partial charge in [-0.25, -0.2) is 4.98 Å². The van der Waals surface area contributed by atoms with E-state index in [9.17, 15) is 0 Å². The number of halogens is 1. The van der Waals surface area contributed by atoms with E-state index in [1.165, 1.54) is 0 Å². The number of nitrogens with zero attached hydrogens (tertiary/aromatic N) is 2.